The first kappa shape index (κ1) is 20.4. The molecule has 4 rings (SSSR count). The van der Waals surface area contributed by atoms with Crippen LogP contribution in [-0.4, -0.2) is 42.4 Å². The molecule has 0 aromatic heterocycles. The molecule has 1 heterocycles. The highest BCUT2D eigenvalue weighted by Crippen LogP contribution is 2.30. The molecule has 1 saturated heterocycles. The van der Waals surface area contributed by atoms with Crippen molar-refractivity contribution in [2.45, 2.75) is 38.6 Å². The van der Waals surface area contributed by atoms with Crippen LogP contribution >= 0.6 is 0 Å². The van der Waals surface area contributed by atoms with E-state index in [0.717, 1.165) is 38.1 Å². The molecule has 2 unspecified atom stereocenters. The van der Waals surface area contributed by atoms with Crippen LogP contribution in [0.3, 0.4) is 0 Å². The van der Waals surface area contributed by atoms with E-state index in [1.165, 1.54) is 11.1 Å². The lowest BCUT2D eigenvalue weighted by Gasteiger charge is -2.27. The minimum absolute atomic E-state index is 0.0653. The van der Waals surface area contributed by atoms with Crippen molar-refractivity contribution in [1.29, 1.82) is 0 Å². The van der Waals surface area contributed by atoms with Crippen molar-refractivity contribution in [1.82, 2.24) is 10.2 Å². The van der Waals surface area contributed by atoms with Gasteiger partial charge < -0.3 is 20.7 Å². The Morgan fingerprint density at radius 2 is 1.87 bits per heavy atom. The fourth-order valence-electron chi connectivity index (χ4n) is 4.48. The van der Waals surface area contributed by atoms with Crippen molar-refractivity contribution in [3.05, 3.63) is 59.2 Å². The minimum Gasteiger partial charge on any atom is -0.457 e. The molecule has 1 aliphatic heterocycles. The van der Waals surface area contributed by atoms with E-state index in [0.29, 0.717) is 24.3 Å². The first-order chi connectivity index (χ1) is 14.5. The number of aryl methyl sites for hydroxylation is 1. The molecule has 2 atom stereocenters. The third-order valence-corrected chi connectivity index (χ3v) is 6.22. The van der Waals surface area contributed by atoms with Gasteiger partial charge in [-0.25, -0.2) is 0 Å². The van der Waals surface area contributed by atoms with Gasteiger partial charge in [-0.15, -0.1) is 0 Å². The van der Waals surface area contributed by atoms with Gasteiger partial charge in [0.05, 0.1) is 0 Å². The Bertz CT molecular complexity index is 920. The summed E-state index contributed by atoms with van der Waals surface area (Å²) in [6.07, 6.45) is 3.31. The highest BCUT2D eigenvalue weighted by molar-refractivity contribution is 5.94. The highest BCUT2D eigenvalue weighted by Gasteiger charge is 2.26. The number of nitrogens with zero attached hydrogens (tertiary/aromatic N) is 1. The summed E-state index contributed by atoms with van der Waals surface area (Å²) in [5.74, 6) is 1.23. The predicted molar refractivity (Wildman–Crippen MR) is 116 cm³/mol. The van der Waals surface area contributed by atoms with E-state index in [9.17, 15) is 9.59 Å². The molecular formula is C24H29N3O3. The maximum Gasteiger partial charge on any atom is 0.254 e. The van der Waals surface area contributed by atoms with Gasteiger partial charge in [0.2, 0.25) is 5.91 Å². The van der Waals surface area contributed by atoms with Crippen molar-refractivity contribution < 1.29 is 14.3 Å². The second-order valence-corrected chi connectivity index (χ2v) is 8.14. The van der Waals surface area contributed by atoms with Crippen LogP contribution in [0.2, 0.25) is 0 Å². The first-order valence-electron chi connectivity index (χ1n) is 10.8. The lowest BCUT2D eigenvalue weighted by Crippen LogP contribution is -2.41. The second kappa shape index (κ2) is 8.88. The van der Waals surface area contributed by atoms with E-state index >= 15 is 0 Å². The van der Waals surface area contributed by atoms with E-state index in [4.69, 9.17) is 10.5 Å². The number of benzene rings is 2. The van der Waals surface area contributed by atoms with Crippen LogP contribution in [0.4, 0.5) is 0 Å². The number of ether oxygens (including phenoxy) is 1. The maximum atomic E-state index is 12.9. The summed E-state index contributed by atoms with van der Waals surface area (Å²) in [5.41, 5.74) is 8.51. The first-order valence-corrected chi connectivity index (χ1v) is 10.8. The second-order valence-electron chi connectivity index (χ2n) is 8.14. The van der Waals surface area contributed by atoms with Crippen molar-refractivity contribution in [3.63, 3.8) is 0 Å². The van der Waals surface area contributed by atoms with Crippen molar-refractivity contribution in [2.75, 3.05) is 19.6 Å². The fraction of sp³-hybridized carbons (Fsp3) is 0.417. The van der Waals surface area contributed by atoms with Crippen LogP contribution in [0.1, 0.15) is 41.3 Å². The molecule has 2 amide bonds. The summed E-state index contributed by atoms with van der Waals surface area (Å²) in [6, 6.07) is 13.6. The van der Waals surface area contributed by atoms with Gasteiger partial charge in [-0.2, -0.15) is 0 Å². The number of hydrogen-bond donors (Lipinski definition) is 2. The van der Waals surface area contributed by atoms with Gasteiger partial charge in [-0.05, 0) is 86.7 Å². The molecule has 2 aliphatic rings. The molecule has 6 nitrogen and oxygen atoms in total. The Labute approximate surface area is 177 Å². The predicted octanol–water partition coefficient (Wildman–Crippen LogP) is 2.89. The SMILES string of the molecule is CCN(C(=O)c1ccc(Oc2ccc3c(c2)CCC(C(N)=O)C3)cc1)C1CCNC1. The molecule has 0 spiro atoms. The molecule has 30 heavy (non-hydrogen) atoms. The number of nitrogens with one attached hydrogen (secondary N) is 1. The van der Waals surface area contributed by atoms with Crippen molar-refractivity contribution in [2.24, 2.45) is 11.7 Å². The fourth-order valence-corrected chi connectivity index (χ4v) is 4.48. The van der Waals surface area contributed by atoms with Crippen LogP contribution < -0.4 is 15.8 Å². The Balaban J connectivity index is 1.42. The van der Waals surface area contributed by atoms with Crippen LogP contribution in [-0.2, 0) is 17.6 Å². The van der Waals surface area contributed by atoms with Gasteiger partial charge in [0.25, 0.3) is 5.91 Å². The van der Waals surface area contributed by atoms with E-state index in [1.807, 2.05) is 54.3 Å². The van der Waals surface area contributed by atoms with Gasteiger partial charge >= 0.3 is 0 Å². The Kier molecular flexibility index (Phi) is 6.04. The third-order valence-electron chi connectivity index (χ3n) is 6.22. The quantitative estimate of drug-likeness (QED) is 0.771. The van der Waals surface area contributed by atoms with Gasteiger partial charge in [0.15, 0.2) is 0 Å². The molecule has 1 fully saturated rings. The number of carbonyl (C=O) groups is 2. The number of rotatable bonds is 6. The smallest absolute Gasteiger partial charge is 0.254 e. The zero-order valence-electron chi connectivity index (χ0n) is 17.4. The molecule has 2 aromatic rings. The minimum atomic E-state index is -0.221. The van der Waals surface area contributed by atoms with Gasteiger partial charge in [0, 0.05) is 30.6 Å². The summed E-state index contributed by atoms with van der Waals surface area (Å²) >= 11 is 0. The number of fused-ring (bicyclic) bond motifs is 1. The molecule has 0 radical (unpaired) electrons. The molecule has 6 heteroatoms. The standard InChI is InChI=1S/C24H29N3O3/c1-2-27(20-11-12-26-15-20)24(29)16-5-8-21(9-6-16)30-22-10-7-17-13-19(23(25)28)4-3-18(17)14-22/h5-10,14,19-20,26H,2-4,11-13,15H2,1H3,(H2,25,28). The Hall–Kier alpha value is -2.86. The topological polar surface area (TPSA) is 84.7 Å². The maximum absolute atomic E-state index is 12.9. The lowest BCUT2D eigenvalue weighted by molar-refractivity contribution is -0.122. The highest BCUT2D eigenvalue weighted by atomic mass is 16.5. The normalized spacial score (nSPS) is 20.4. The van der Waals surface area contributed by atoms with Crippen LogP contribution in [0.25, 0.3) is 0 Å². The summed E-state index contributed by atoms with van der Waals surface area (Å²) in [6.45, 7) is 4.55. The molecule has 0 saturated carbocycles. The monoisotopic (exact) mass is 407 g/mol. The number of amides is 2. The summed E-state index contributed by atoms with van der Waals surface area (Å²) in [4.78, 5) is 26.3. The molecule has 2 aromatic carbocycles. The van der Waals surface area contributed by atoms with Crippen molar-refractivity contribution >= 4 is 11.8 Å². The largest absolute Gasteiger partial charge is 0.457 e. The summed E-state index contributed by atoms with van der Waals surface area (Å²) in [5, 5.41) is 3.32. The number of hydrogen-bond acceptors (Lipinski definition) is 4. The van der Waals surface area contributed by atoms with E-state index in [-0.39, 0.29) is 23.8 Å². The van der Waals surface area contributed by atoms with Gasteiger partial charge in [0.1, 0.15) is 11.5 Å². The zero-order chi connectivity index (χ0) is 21.1. The number of likely N-dealkylation sites (N-methyl/N-ethyl adjacent to an activating group) is 1. The van der Waals surface area contributed by atoms with E-state index in [2.05, 4.69) is 5.32 Å². The molecule has 1 aliphatic carbocycles. The zero-order valence-corrected chi connectivity index (χ0v) is 17.4. The van der Waals surface area contributed by atoms with Gasteiger partial charge in [-0.3, -0.25) is 9.59 Å². The number of primary amides is 1. The Morgan fingerprint density at radius 1 is 1.10 bits per heavy atom. The van der Waals surface area contributed by atoms with Gasteiger partial charge in [-0.1, -0.05) is 6.07 Å². The average Bonchev–Trinajstić information content (AvgIpc) is 3.28. The average molecular weight is 408 g/mol. The van der Waals surface area contributed by atoms with Crippen molar-refractivity contribution in [3.8, 4) is 11.5 Å². The molecule has 0 bridgehead atoms. The summed E-state index contributed by atoms with van der Waals surface area (Å²) < 4.78 is 6.01. The third kappa shape index (κ3) is 4.33. The molecule has 3 N–H and O–H groups in total. The number of carbonyl (C=O) groups excluding carboxylic acids is 2. The number of nitrogens with two attached hydrogens (primary N) is 1. The van der Waals surface area contributed by atoms with E-state index in [1.54, 1.807) is 0 Å². The molecular weight excluding hydrogens is 378 g/mol. The van der Waals surface area contributed by atoms with Crippen LogP contribution in [0, 0.1) is 5.92 Å². The van der Waals surface area contributed by atoms with Crippen LogP contribution in [0.15, 0.2) is 42.5 Å². The van der Waals surface area contributed by atoms with Crippen LogP contribution in [0.5, 0.6) is 11.5 Å². The van der Waals surface area contributed by atoms with E-state index < -0.39 is 0 Å². The lowest BCUT2D eigenvalue weighted by atomic mass is 9.83. The Morgan fingerprint density at radius 3 is 2.53 bits per heavy atom. The summed E-state index contributed by atoms with van der Waals surface area (Å²) in [7, 11) is 0. The molecule has 158 valence electrons.